The lowest BCUT2D eigenvalue weighted by atomic mass is 10.0. The van der Waals surface area contributed by atoms with Crippen molar-refractivity contribution < 1.29 is 14.3 Å². The Balaban J connectivity index is 1.45. The lowest BCUT2D eigenvalue weighted by molar-refractivity contribution is -0.134. The molecule has 27 heavy (non-hydrogen) atoms. The van der Waals surface area contributed by atoms with Gasteiger partial charge in [-0.2, -0.15) is 0 Å². The second kappa shape index (κ2) is 8.71. The number of carbonyl (C=O) groups excluding carboxylic acids is 2. The number of ether oxygens (including phenoxy) is 1. The normalized spacial score (nSPS) is 14.7. The summed E-state index contributed by atoms with van der Waals surface area (Å²) in [6, 6.07) is 15.3. The standard InChI is InChI=1S/C22H26N2O3/c1-16-8-9-17(2)20(14-16)27-15-21(25)24-12-10-19(11-13-24)23-22(26)18-6-4-3-5-7-18/h3-9,14,19H,10-13,15H2,1-2H3,(H,23,26). The van der Waals surface area contributed by atoms with Gasteiger partial charge in [-0.05, 0) is 56.0 Å². The average molecular weight is 366 g/mol. The minimum Gasteiger partial charge on any atom is -0.483 e. The van der Waals surface area contributed by atoms with E-state index in [4.69, 9.17) is 4.74 Å². The average Bonchev–Trinajstić information content (AvgIpc) is 2.69. The molecule has 0 aliphatic carbocycles. The molecule has 2 aromatic rings. The molecular formula is C22H26N2O3. The molecule has 5 nitrogen and oxygen atoms in total. The summed E-state index contributed by atoms with van der Waals surface area (Å²) in [7, 11) is 0. The number of hydrogen-bond acceptors (Lipinski definition) is 3. The van der Waals surface area contributed by atoms with Crippen LogP contribution >= 0.6 is 0 Å². The van der Waals surface area contributed by atoms with Gasteiger partial charge in [0.25, 0.3) is 11.8 Å². The number of nitrogens with zero attached hydrogens (tertiary/aromatic N) is 1. The third kappa shape index (κ3) is 5.09. The maximum Gasteiger partial charge on any atom is 0.260 e. The zero-order chi connectivity index (χ0) is 19.2. The number of likely N-dealkylation sites (tertiary alicyclic amines) is 1. The fraction of sp³-hybridized carbons (Fsp3) is 0.364. The molecule has 0 saturated carbocycles. The van der Waals surface area contributed by atoms with Crippen LogP contribution in [0.25, 0.3) is 0 Å². The van der Waals surface area contributed by atoms with Crippen LogP contribution in [0.3, 0.4) is 0 Å². The van der Waals surface area contributed by atoms with E-state index in [0.717, 1.165) is 29.7 Å². The highest BCUT2D eigenvalue weighted by molar-refractivity contribution is 5.94. The van der Waals surface area contributed by atoms with E-state index in [9.17, 15) is 9.59 Å². The van der Waals surface area contributed by atoms with E-state index in [2.05, 4.69) is 5.32 Å². The van der Waals surface area contributed by atoms with E-state index >= 15 is 0 Å². The molecule has 1 aliphatic rings. The summed E-state index contributed by atoms with van der Waals surface area (Å²) in [5.41, 5.74) is 2.80. The third-order valence-electron chi connectivity index (χ3n) is 4.91. The van der Waals surface area contributed by atoms with Crippen molar-refractivity contribution in [3.8, 4) is 5.75 Å². The molecule has 1 saturated heterocycles. The maximum absolute atomic E-state index is 12.4. The highest BCUT2D eigenvalue weighted by Gasteiger charge is 2.24. The van der Waals surface area contributed by atoms with E-state index in [0.29, 0.717) is 18.7 Å². The summed E-state index contributed by atoms with van der Waals surface area (Å²) >= 11 is 0. The molecular weight excluding hydrogens is 340 g/mol. The van der Waals surface area contributed by atoms with Crippen molar-refractivity contribution in [1.29, 1.82) is 0 Å². The summed E-state index contributed by atoms with van der Waals surface area (Å²) in [4.78, 5) is 26.5. The SMILES string of the molecule is Cc1ccc(C)c(OCC(=O)N2CCC(NC(=O)c3ccccc3)CC2)c1. The molecule has 0 aromatic heterocycles. The van der Waals surface area contributed by atoms with Gasteiger partial charge >= 0.3 is 0 Å². The number of nitrogens with one attached hydrogen (secondary N) is 1. The zero-order valence-electron chi connectivity index (χ0n) is 15.9. The first-order valence-electron chi connectivity index (χ1n) is 9.36. The molecule has 0 radical (unpaired) electrons. The molecule has 3 rings (SSSR count). The number of benzene rings is 2. The van der Waals surface area contributed by atoms with Crippen molar-refractivity contribution >= 4 is 11.8 Å². The van der Waals surface area contributed by atoms with E-state index in [1.54, 1.807) is 12.1 Å². The largest absolute Gasteiger partial charge is 0.483 e. The van der Waals surface area contributed by atoms with Crippen LogP contribution in [0.2, 0.25) is 0 Å². The number of carbonyl (C=O) groups is 2. The highest BCUT2D eigenvalue weighted by Crippen LogP contribution is 2.19. The van der Waals surface area contributed by atoms with Crippen LogP contribution in [-0.4, -0.2) is 42.5 Å². The molecule has 1 aliphatic heterocycles. The first-order chi connectivity index (χ1) is 13.0. The summed E-state index contributed by atoms with van der Waals surface area (Å²) in [5, 5.41) is 3.06. The number of amides is 2. The molecule has 1 heterocycles. The Labute approximate surface area is 160 Å². The molecule has 0 bridgehead atoms. The van der Waals surface area contributed by atoms with Crippen molar-refractivity contribution in [2.24, 2.45) is 0 Å². The van der Waals surface area contributed by atoms with Gasteiger partial charge in [-0.1, -0.05) is 30.3 Å². The van der Waals surface area contributed by atoms with Crippen LogP contribution in [-0.2, 0) is 4.79 Å². The van der Waals surface area contributed by atoms with Crippen molar-refractivity contribution in [1.82, 2.24) is 10.2 Å². The molecule has 0 unspecified atom stereocenters. The summed E-state index contributed by atoms with van der Waals surface area (Å²) in [6.07, 6.45) is 1.52. The quantitative estimate of drug-likeness (QED) is 0.885. The van der Waals surface area contributed by atoms with Gasteiger partial charge in [0.05, 0.1) is 0 Å². The Morgan fingerprint density at radius 2 is 1.78 bits per heavy atom. The van der Waals surface area contributed by atoms with Crippen LogP contribution in [0.1, 0.15) is 34.3 Å². The molecule has 0 atom stereocenters. The Hall–Kier alpha value is -2.82. The van der Waals surface area contributed by atoms with Gasteiger partial charge in [0.15, 0.2) is 6.61 Å². The van der Waals surface area contributed by atoms with Crippen LogP contribution in [0.4, 0.5) is 0 Å². The van der Waals surface area contributed by atoms with Crippen molar-refractivity contribution in [3.05, 3.63) is 65.2 Å². The molecule has 1 fully saturated rings. The van der Waals surface area contributed by atoms with Gasteiger partial charge in [-0.15, -0.1) is 0 Å². The third-order valence-corrected chi connectivity index (χ3v) is 4.91. The highest BCUT2D eigenvalue weighted by atomic mass is 16.5. The lowest BCUT2D eigenvalue weighted by Gasteiger charge is -2.32. The maximum atomic E-state index is 12.4. The smallest absolute Gasteiger partial charge is 0.260 e. The Kier molecular flexibility index (Phi) is 6.12. The van der Waals surface area contributed by atoms with Gasteiger partial charge in [-0.25, -0.2) is 0 Å². The predicted octanol–water partition coefficient (Wildman–Crippen LogP) is 3.10. The van der Waals surface area contributed by atoms with Crippen LogP contribution in [0, 0.1) is 13.8 Å². The van der Waals surface area contributed by atoms with E-state index < -0.39 is 0 Å². The first kappa shape index (κ1) is 19.0. The molecule has 0 spiro atoms. The monoisotopic (exact) mass is 366 g/mol. The lowest BCUT2D eigenvalue weighted by Crippen LogP contribution is -2.47. The van der Waals surface area contributed by atoms with E-state index in [-0.39, 0.29) is 24.5 Å². The second-order valence-electron chi connectivity index (χ2n) is 7.05. The Bertz CT molecular complexity index is 796. The van der Waals surface area contributed by atoms with Crippen LogP contribution in [0.5, 0.6) is 5.75 Å². The number of rotatable bonds is 5. The topological polar surface area (TPSA) is 58.6 Å². The van der Waals surface area contributed by atoms with Crippen molar-refractivity contribution in [3.63, 3.8) is 0 Å². The van der Waals surface area contributed by atoms with E-state index in [1.807, 2.05) is 55.1 Å². The minimum absolute atomic E-state index is 0.0104. The predicted molar refractivity (Wildman–Crippen MR) is 105 cm³/mol. The molecule has 5 heteroatoms. The fourth-order valence-corrected chi connectivity index (χ4v) is 3.23. The fourth-order valence-electron chi connectivity index (χ4n) is 3.23. The molecule has 142 valence electrons. The zero-order valence-corrected chi connectivity index (χ0v) is 15.9. The van der Waals surface area contributed by atoms with Gasteiger partial charge < -0.3 is 15.0 Å². The van der Waals surface area contributed by atoms with Crippen molar-refractivity contribution in [2.45, 2.75) is 32.7 Å². The van der Waals surface area contributed by atoms with Crippen LogP contribution in [0.15, 0.2) is 48.5 Å². The number of piperidine rings is 1. The van der Waals surface area contributed by atoms with Gasteiger partial charge in [0, 0.05) is 24.7 Å². The van der Waals surface area contributed by atoms with Crippen molar-refractivity contribution in [2.75, 3.05) is 19.7 Å². The first-order valence-corrected chi connectivity index (χ1v) is 9.36. The Morgan fingerprint density at radius 3 is 2.48 bits per heavy atom. The molecule has 2 amide bonds. The minimum atomic E-state index is -0.0568. The Morgan fingerprint density at radius 1 is 1.07 bits per heavy atom. The van der Waals surface area contributed by atoms with E-state index in [1.165, 1.54) is 0 Å². The molecule has 2 aromatic carbocycles. The summed E-state index contributed by atoms with van der Waals surface area (Å²) < 4.78 is 5.72. The number of aryl methyl sites for hydroxylation is 2. The van der Waals surface area contributed by atoms with Gasteiger partial charge in [0.2, 0.25) is 0 Å². The second-order valence-corrected chi connectivity index (χ2v) is 7.05. The summed E-state index contributed by atoms with van der Waals surface area (Å²) in [6.45, 7) is 5.29. The van der Waals surface area contributed by atoms with Gasteiger partial charge in [-0.3, -0.25) is 9.59 Å². The molecule has 1 N–H and O–H groups in total. The van der Waals surface area contributed by atoms with Crippen LogP contribution < -0.4 is 10.1 Å². The van der Waals surface area contributed by atoms with Gasteiger partial charge in [0.1, 0.15) is 5.75 Å². The summed E-state index contributed by atoms with van der Waals surface area (Å²) in [5.74, 6) is 0.690. The number of hydrogen-bond donors (Lipinski definition) is 1.